The average molecular weight is 464 g/mol. The lowest BCUT2D eigenvalue weighted by Gasteiger charge is -2.14. The Balaban J connectivity index is 1.89. The van der Waals surface area contributed by atoms with E-state index >= 15 is 0 Å². The van der Waals surface area contributed by atoms with E-state index in [1.807, 2.05) is 30.4 Å². The van der Waals surface area contributed by atoms with Crippen LogP contribution in [0.25, 0.3) is 16.7 Å². The van der Waals surface area contributed by atoms with E-state index in [0.29, 0.717) is 33.9 Å². The molecule has 0 fully saturated rings. The Morgan fingerprint density at radius 1 is 1.09 bits per heavy atom. The van der Waals surface area contributed by atoms with Crippen molar-refractivity contribution in [3.63, 3.8) is 0 Å². The third kappa shape index (κ3) is 4.66. The molecule has 0 aliphatic carbocycles. The quantitative estimate of drug-likeness (QED) is 0.410. The SMILES string of the molecule is Cc1ccccc1CSc1nnc2n(CC(C)C)c(=O)c3ccc(C(=O)NC(C)C)cc3n12. The fraction of sp³-hybridized carbons (Fsp3) is 0.360. The molecule has 1 amide bonds. The van der Waals surface area contributed by atoms with Gasteiger partial charge in [-0.2, -0.15) is 0 Å². The fourth-order valence-electron chi connectivity index (χ4n) is 3.81. The summed E-state index contributed by atoms with van der Waals surface area (Å²) in [4.78, 5) is 26.0. The Kier molecular flexibility index (Phi) is 6.56. The first-order chi connectivity index (χ1) is 15.8. The molecule has 8 heteroatoms. The number of benzene rings is 2. The van der Waals surface area contributed by atoms with Crippen molar-refractivity contribution >= 4 is 34.3 Å². The predicted octanol–water partition coefficient (Wildman–Crippen LogP) is 4.44. The van der Waals surface area contributed by atoms with Crippen LogP contribution in [0.3, 0.4) is 0 Å². The van der Waals surface area contributed by atoms with Gasteiger partial charge >= 0.3 is 0 Å². The van der Waals surface area contributed by atoms with Crippen LogP contribution in [0.1, 0.15) is 49.2 Å². The molecule has 2 aromatic heterocycles. The molecule has 2 aromatic carbocycles. The first kappa shape index (κ1) is 23.0. The zero-order valence-corrected chi connectivity index (χ0v) is 20.4. The number of aryl methyl sites for hydroxylation is 1. The highest BCUT2D eigenvalue weighted by atomic mass is 32.2. The maximum Gasteiger partial charge on any atom is 0.262 e. The van der Waals surface area contributed by atoms with Crippen LogP contribution in [0, 0.1) is 12.8 Å². The van der Waals surface area contributed by atoms with E-state index in [9.17, 15) is 9.59 Å². The first-order valence-electron chi connectivity index (χ1n) is 11.2. The lowest BCUT2D eigenvalue weighted by Crippen LogP contribution is -2.30. The number of carbonyl (C=O) groups is 1. The summed E-state index contributed by atoms with van der Waals surface area (Å²) in [5.74, 6) is 1.31. The Bertz CT molecular complexity index is 1390. The Labute approximate surface area is 197 Å². The first-order valence-corrected chi connectivity index (χ1v) is 12.1. The molecule has 4 aromatic rings. The minimum atomic E-state index is -0.173. The van der Waals surface area contributed by atoms with Crippen molar-refractivity contribution in [1.29, 1.82) is 0 Å². The number of carbonyl (C=O) groups excluding carboxylic acids is 1. The summed E-state index contributed by atoms with van der Waals surface area (Å²) in [6.07, 6.45) is 0. The van der Waals surface area contributed by atoms with E-state index < -0.39 is 0 Å². The van der Waals surface area contributed by atoms with Gasteiger partial charge in [-0.1, -0.05) is 49.9 Å². The molecule has 4 rings (SSSR count). The van der Waals surface area contributed by atoms with Crippen LogP contribution in [-0.4, -0.2) is 31.1 Å². The molecule has 0 bridgehead atoms. The number of aromatic nitrogens is 4. The molecular formula is C25H29N5O2S. The summed E-state index contributed by atoms with van der Waals surface area (Å²) in [5.41, 5.74) is 3.46. The van der Waals surface area contributed by atoms with Crippen LogP contribution < -0.4 is 10.9 Å². The van der Waals surface area contributed by atoms with Crippen LogP contribution in [0.2, 0.25) is 0 Å². The zero-order valence-electron chi connectivity index (χ0n) is 19.6. The highest BCUT2D eigenvalue weighted by Crippen LogP contribution is 2.26. The number of hydrogen-bond acceptors (Lipinski definition) is 5. The van der Waals surface area contributed by atoms with Crippen LogP contribution in [0.15, 0.2) is 52.4 Å². The summed E-state index contributed by atoms with van der Waals surface area (Å²) >= 11 is 1.57. The van der Waals surface area contributed by atoms with Gasteiger partial charge in [0.1, 0.15) is 0 Å². The van der Waals surface area contributed by atoms with Gasteiger partial charge in [0.25, 0.3) is 11.5 Å². The number of hydrogen-bond donors (Lipinski definition) is 1. The average Bonchev–Trinajstić information content (AvgIpc) is 3.19. The Hall–Kier alpha value is -3.13. The van der Waals surface area contributed by atoms with Crippen molar-refractivity contribution in [2.24, 2.45) is 5.92 Å². The zero-order chi connectivity index (χ0) is 23.7. The molecule has 0 aliphatic heterocycles. The largest absolute Gasteiger partial charge is 0.350 e. The van der Waals surface area contributed by atoms with Crippen molar-refractivity contribution in [2.45, 2.75) is 58.1 Å². The molecule has 1 N–H and O–H groups in total. The number of amides is 1. The van der Waals surface area contributed by atoms with Gasteiger partial charge in [-0.05, 0) is 56.0 Å². The predicted molar refractivity (Wildman–Crippen MR) is 133 cm³/mol. The van der Waals surface area contributed by atoms with Gasteiger partial charge in [0.2, 0.25) is 5.78 Å². The third-order valence-electron chi connectivity index (χ3n) is 5.42. The van der Waals surface area contributed by atoms with Crippen molar-refractivity contribution in [3.05, 3.63) is 69.5 Å². The molecule has 0 saturated carbocycles. The summed E-state index contributed by atoms with van der Waals surface area (Å²) in [7, 11) is 0. The van der Waals surface area contributed by atoms with E-state index in [1.54, 1.807) is 34.5 Å². The standard InChI is InChI=1S/C25H29N5O2S/c1-15(2)13-29-23(32)20-11-10-18(22(31)26-16(3)4)12-21(20)30-24(29)27-28-25(30)33-14-19-9-7-6-8-17(19)5/h6-12,15-16H,13-14H2,1-5H3,(H,26,31). The minimum Gasteiger partial charge on any atom is -0.350 e. The molecule has 0 unspecified atom stereocenters. The normalized spacial score (nSPS) is 11.7. The highest BCUT2D eigenvalue weighted by molar-refractivity contribution is 7.98. The molecule has 33 heavy (non-hydrogen) atoms. The highest BCUT2D eigenvalue weighted by Gasteiger charge is 2.19. The summed E-state index contributed by atoms with van der Waals surface area (Å²) in [5, 5.41) is 13.0. The van der Waals surface area contributed by atoms with Gasteiger partial charge in [-0.15, -0.1) is 10.2 Å². The van der Waals surface area contributed by atoms with Gasteiger partial charge in [-0.3, -0.25) is 18.6 Å². The number of thioether (sulfide) groups is 1. The Morgan fingerprint density at radius 2 is 1.85 bits per heavy atom. The van der Waals surface area contributed by atoms with Gasteiger partial charge in [-0.25, -0.2) is 0 Å². The molecule has 0 atom stereocenters. The number of nitrogens with one attached hydrogen (secondary N) is 1. The molecule has 172 valence electrons. The van der Waals surface area contributed by atoms with E-state index in [0.717, 1.165) is 5.75 Å². The molecule has 0 radical (unpaired) electrons. The topological polar surface area (TPSA) is 81.3 Å². The van der Waals surface area contributed by atoms with Gasteiger partial charge in [0.15, 0.2) is 5.16 Å². The second-order valence-corrected chi connectivity index (χ2v) is 9.95. The van der Waals surface area contributed by atoms with Crippen LogP contribution in [0.5, 0.6) is 0 Å². The molecular weight excluding hydrogens is 434 g/mol. The fourth-order valence-corrected chi connectivity index (χ4v) is 4.82. The van der Waals surface area contributed by atoms with E-state index in [-0.39, 0.29) is 23.4 Å². The molecule has 0 saturated heterocycles. The molecule has 7 nitrogen and oxygen atoms in total. The second-order valence-electron chi connectivity index (χ2n) is 9.00. The van der Waals surface area contributed by atoms with Gasteiger partial charge in [0, 0.05) is 23.9 Å². The minimum absolute atomic E-state index is 0.0161. The second kappa shape index (κ2) is 9.39. The van der Waals surface area contributed by atoms with Crippen LogP contribution >= 0.6 is 11.8 Å². The molecule has 2 heterocycles. The third-order valence-corrected chi connectivity index (χ3v) is 6.40. The maximum atomic E-state index is 13.3. The summed E-state index contributed by atoms with van der Waals surface area (Å²) in [6.45, 7) is 10.6. The molecule has 0 aliphatic rings. The van der Waals surface area contributed by atoms with Crippen molar-refractivity contribution in [2.75, 3.05) is 0 Å². The summed E-state index contributed by atoms with van der Waals surface area (Å²) in [6, 6.07) is 13.5. The lowest BCUT2D eigenvalue weighted by atomic mass is 10.1. The smallest absolute Gasteiger partial charge is 0.262 e. The summed E-state index contributed by atoms with van der Waals surface area (Å²) < 4.78 is 3.60. The van der Waals surface area contributed by atoms with E-state index in [1.165, 1.54) is 11.1 Å². The van der Waals surface area contributed by atoms with Crippen molar-refractivity contribution in [1.82, 2.24) is 24.5 Å². The molecule has 0 spiro atoms. The lowest BCUT2D eigenvalue weighted by molar-refractivity contribution is 0.0943. The number of rotatable bonds is 7. The van der Waals surface area contributed by atoms with E-state index in [2.05, 4.69) is 48.4 Å². The van der Waals surface area contributed by atoms with Crippen LogP contribution in [0.4, 0.5) is 0 Å². The van der Waals surface area contributed by atoms with Gasteiger partial charge < -0.3 is 5.32 Å². The number of nitrogens with zero attached hydrogens (tertiary/aromatic N) is 4. The maximum absolute atomic E-state index is 13.3. The van der Waals surface area contributed by atoms with E-state index in [4.69, 9.17) is 0 Å². The van der Waals surface area contributed by atoms with Crippen molar-refractivity contribution < 1.29 is 4.79 Å². The monoisotopic (exact) mass is 463 g/mol. The Morgan fingerprint density at radius 3 is 2.55 bits per heavy atom. The number of fused-ring (bicyclic) bond motifs is 3. The van der Waals surface area contributed by atoms with Crippen molar-refractivity contribution in [3.8, 4) is 0 Å². The van der Waals surface area contributed by atoms with Gasteiger partial charge in [0.05, 0.1) is 10.9 Å². The van der Waals surface area contributed by atoms with Crippen LogP contribution in [-0.2, 0) is 12.3 Å².